The molecule has 0 spiro atoms. The average molecular weight is 315 g/mol. The van der Waals surface area contributed by atoms with Gasteiger partial charge in [0.2, 0.25) is 0 Å². The van der Waals surface area contributed by atoms with Crippen LogP contribution in [-0.4, -0.2) is 31.6 Å². The fourth-order valence-corrected chi connectivity index (χ4v) is 3.12. The van der Waals surface area contributed by atoms with Gasteiger partial charge >= 0.3 is 0 Å². The fraction of sp³-hybridized carbons (Fsp3) is 0.625. The highest BCUT2D eigenvalue weighted by Gasteiger charge is 2.14. The van der Waals surface area contributed by atoms with Crippen LogP contribution in [0.15, 0.2) is 18.2 Å². The van der Waals surface area contributed by atoms with Crippen LogP contribution < -0.4 is 10.2 Å². The summed E-state index contributed by atoms with van der Waals surface area (Å²) in [5, 5.41) is 4.25. The van der Waals surface area contributed by atoms with Crippen molar-refractivity contribution in [2.45, 2.75) is 39.3 Å². The van der Waals surface area contributed by atoms with E-state index in [2.05, 4.69) is 62.5 Å². The molecule has 1 aromatic carbocycles. The molecule has 0 heterocycles. The summed E-state index contributed by atoms with van der Waals surface area (Å²) in [6.45, 7) is 7.50. The van der Waals surface area contributed by atoms with E-state index in [1.807, 2.05) is 11.8 Å². The fourth-order valence-electron chi connectivity index (χ4n) is 2.22. The molecule has 1 rings (SSSR count). The third kappa shape index (κ3) is 4.87. The highest BCUT2D eigenvalue weighted by atomic mass is 35.5. The van der Waals surface area contributed by atoms with Crippen molar-refractivity contribution in [2.24, 2.45) is 0 Å². The van der Waals surface area contributed by atoms with Crippen LogP contribution in [0.5, 0.6) is 0 Å². The molecule has 0 saturated carbocycles. The molecule has 20 heavy (non-hydrogen) atoms. The predicted molar refractivity (Wildman–Crippen MR) is 94.4 cm³/mol. The smallest absolute Gasteiger partial charge is 0.0642 e. The maximum Gasteiger partial charge on any atom is 0.0642 e. The largest absolute Gasteiger partial charge is 0.371 e. The van der Waals surface area contributed by atoms with E-state index in [1.165, 1.54) is 17.7 Å². The van der Waals surface area contributed by atoms with Gasteiger partial charge in [-0.15, -0.1) is 0 Å². The molecule has 0 aliphatic heterocycles. The topological polar surface area (TPSA) is 15.3 Å². The van der Waals surface area contributed by atoms with Gasteiger partial charge in [-0.05, 0) is 56.5 Å². The molecular formula is C16H27ClN2S. The summed E-state index contributed by atoms with van der Waals surface area (Å²) < 4.78 is 0. The molecule has 0 aliphatic carbocycles. The Labute approximate surface area is 133 Å². The summed E-state index contributed by atoms with van der Waals surface area (Å²) in [5.74, 6) is 1.18. The van der Waals surface area contributed by atoms with Crippen LogP contribution in [0.4, 0.5) is 5.69 Å². The van der Waals surface area contributed by atoms with Gasteiger partial charge in [0.1, 0.15) is 0 Å². The first-order chi connectivity index (χ1) is 9.51. The third-order valence-corrected chi connectivity index (χ3v) is 4.71. The Bertz CT molecular complexity index is 411. The van der Waals surface area contributed by atoms with E-state index in [4.69, 9.17) is 11.6 Å². The molecule has 0 bridgehead atoms. The number of thioether (sulfide) groups is 1. The van der Waals surface area contributed by atoms with Gasteiger partial charge in [0.25, 0.3) is 0 Å². The molecule has 0 aliphatic rings. The zero-order valence-electron chi connectivity index (χ0n) is 13.2. The number of nitrogens with zero attached hydrogens (tertiary/aromatic N) is 1. The molecule has 0 aromatic heterocycles. The summed E-state index contributed by atoms with van der Waals surface area (Å²) in [6.07, 6.45) is 3.32. The molecule has 2 unspecified atom stereocenters. The van der Waals surface area contributed by atoms with Crippen LogP contribution in [0.1, 0.15) is 38.8 Å². The van der Waals surface area contributed by atoms with E-state index in [0.717, 1.165) is 17.3 Å². The first kappa shape index (κ1) is 17.7. The van der Waals surface area contributed by atoms with Crippen molar-refractivity contribution in [1.82, 2.24) is 5.32 Å². The van der Waals surface area contributed by atoms with Gasteiger partial charge < -0.3 is 10.2 Å². The number of hydrogen-bond donors (Lipinski definition) is 1. The van der Waals surface area contributed by atoms with E-state index in [-0.39, 0.29) is 0 Å². The molecule has 2 atom stereocenters. The Balaban J connectivity index is 2.81. The Morgan fingerprint density at radius 1 is 1.35 bits per heavy atom. The van der Waals surface area contributed by atoms with E-state index in [9.17, 15) is 0 Å². The van der Waals surface area contributed by atoms with E-state index in [0.29, 0.717) is 12.1 Å². The Morgan fingerprint density at radius 2 is 2.05 bits per heavy atom. The second kappa shape index (κ2) is 8.81. The second-order valence-electron chi connectivity index (χ2n) is 5.23. The lowest BCUT2D eigenvalue weighted by atomic mass is 10.1. The number of benzene rings is 1. The predicted octanol–water partition coefficient (Wildman–Crippen LogP) is 4.59. The number of anilines is 1. The van der Waals surface area contributed by atoms with Crippen molar-refractivity contribution in [3.05, 3.63) is 28.8 Å². The first-order valence-electron chi connectivity index (χ1n) is 7.25. The highest BCUT2D eigenvalue weighted by Crippen LogP contribution is 2.30. The maximum atomic E-state index is 6.47. The minimum atomic E-state index is 0.339. The van der Waals surface area contributed by atoms with Gasteiger partial charge in [-0.1, -0.05) is 24.6 Å². The van der Waals surface area contributed by atoms with Crippen LogP contribution in [-0.2, 0) is 0 Å². The van der Waals surface area contributed by atoms with Gasteiger partial charge in [0, 0.05) is 19.1 Å². The Morgan fingerprint density at radius 3 is 2.60 bits per heavy atom. The number of hydrogen-bond acceptors (Lipinski definition) is 3. The lowest BCUT2D eigenvalue weighted by Gasteiger charge is -2.28. The van der Waals surface area contributed by atoms with Gasteiger partial charge in [0.15, 0.2) is 0 Å². The van der Waals surface area contributed by atoms with Crippen molar-refractivity contribution in [2.75, 3.05) is 30.5 Å². The third-order valence-electron chi connectivity index (χ3n) is 3.76. The zero-order valence-corrected chi connectivity index (χ0v) is 14.8. The van der Waals surface area contributed by atoms with Crippen LogP contribution in [0, 0.1) is 0 Å². The van der Waals surface area contributed by atoms with Crippen LogP contribution in [0.25, 0.3) is 0 Å². The van der Waals surface area contributed by atoms with Gasteiger partial charge in [-0.25, -0.2) is 0 Å². The second-order valence-corrected chi connectivity index (χ2v) is 6.62. The number of nitrogens with one attached hydrogen (secondary N) is 1. The SMILES string of the molecule is CCNC(C)c1ccc(N(C)C(C)CCSC)c(Cl)c1. The number of rotatable bonds is 8. The van der Waals surface area contributed by atoms with Crippen molar-refractivity contribution < 1.29 is 0 Å². The minimum Gasteiger partial charge on any atom is -0.371 e. The summed E-state index contributed by atoms with van der Waals surface area (Å²) in [4.78, 5) is 2.28. The van der Waals surface area contributed by atoms with Crippen LogP contribution in [0.3, 0.4) is 0 Å². The van der Waals surface area contributed by atoms with Gasteiger partial charge in [-0.3, -0.25) is 0 Å². The van der Waals surface area contributed by atoms with Crippen molar-refractivity contribution >= 4 is 29.1 Å². The Hall–Kier alpha value is -0.380. The lowest BCUT2D eigenvalue weighted by Crippen LogP contribution is -2.29. The molecule has 4 heteroatoms. The average Bonchev–Trinajstić information content (AvgIpc) is 2.44. The van der Waals surface area contributed by atoms with Crippen LogP contribution >= 0.6 is 23.4 Å². The normalized spacial score (nSPS) is 14.1. The monoisotopic (exact) mass is 314 g/mol. The van der Waals surface area contributed by atoms with Crippen molar-refractivity contribution in [3.8, 4) is 0 Å². The quantitative estimate of drug-likeness (QED) is 0.755. The molecule has 0 saturated heterocycles. The first-order valence-corrected chi connectivity index (χ1v) is 9.03. The van der Waals surface area contributed by atoms with Crippen molar-refractivity contribution in [1.29, 1.82) is 0 Å². The Kier molecular flexibility index (Phi) is 7.78. The number of halogens is 1. The molecule has 2 nitrogen and oxygen atoms in total. The van der Waals surface area contributed by atoms with Crippen molar-refractivity contribution in [3.63, 3.8) is 0 Å². The molecule has 1 N–H and O–H groups in total. The summed E-state index contributed by atoms with van der Waals surface area (Å²) in [6, 6.07) is 7.23. The van der Waals surface area contributed by atoms with Gasteiger partial charge in [-0.2, -0.15) is 11.8 Å². The maximum absolute atomic E-state index is 6.47. The van der Waals surface area contributed by atoms with Crippen LogP contribution in [0.2, 0.25) is 5.02 Å². The zero-order chi connectivity index (χ0) is 15.1. The molecule has 1 aromatic rings. The molecule has 0 radical (unpaired) electrons. The minimum absolute atomic E-state index is 0.339. The summed E-state index contributed by atoms with van der Waals surface area (Å²) in [7, 11) is 2.12. The summed E-state index contributed by atoms with van der Waals surface area (Å²) >= 11 is 8.36. The molecule has 114 valence electrons. The highest BCUT2D eigenvalue weighted by molar-refractivity contribution is 7.98. The van der Waals surface area contributed by atoms with E-state index >= 15 is 0 Å². The van der Waals surface area contributed by atoms with E-state index < -0.39 is 0 Å². The lowest BCUT2D eigenvalue weighted by molar-refractivity contribution is 0.598. The standard InChI is InChI=1S/C16H27ClN2S/c1-6-18-13(3)14-7-8-16(15(17)11-14)19(4)12(2)9-10-20-5/h7-8,11-13,18H,6,9-10H2,1-5H3. The summed E-state index contributed by atoms with van der Waals surface area (Å²) in [5.41, 5.74) is 2.36. The van der Waals surface area contributed by atoms with E-state index in [1.54, 1.807) is 0 Å². The van der Waals surface area contributed by atoms with Gasteiger partial charge in [0.05, 0.1) is 10.7 Å². The molecule has 0 fully saturated rings. The molecular weight excluding hydrogens is 288 g/mol. The molecule has 0 amide bonds.